The Kier molecular flexibility index (Phi) is 3.75. The van der Waals surface area contributed by atoms with Crippen LogP contribution in [0.5, 0.6) is 0 Å². The van der Waals surface area contributed by atoms with Crippen molar-refractivity contribution in [2.75, 3.05) is 5.73 Å². The van der Waals surface area contributed by atoms with Gasteiger partial charge in [0.05, 0.1) is 0 Å². The maximum absolute atomic E-state index is 5.74. The van der Waals surface area contributed by atoms with Crippen molar-refractivity contribution >= 4 is 28.9 Å². The summed E-state index contributed by atoms with van der Waals surface area (Å²) in [7, 11) is 0. The van der Waals surface area contributed by atoms with Gasteiger partial charge in [-0.05, 0) is 6.42 Å². The fraction of sp³-hybridized carbons (Fsp3) is 0.500. The first-order valence-corrected chi connectivity index (χ1v) is 4.88. The highest BCUT2D eigenvalue weighted by Gasteiger charge is 2.07. The predicted octanol–water partition coefficient (Wildman–Crippen LogP) is 2.71. The molecule has 0 amide bonds. The van der Waals surface area contributed by atoms with E-state index in [0.717, 1.165) is 19.3 Å². The van der Waals surface area contributed by atoms with Crippen molar-refractivity contribution < 1.29 is 0 Å². The average Bonchev–Trinajstić information content (AvgIpc) is 2.10. The van der Waals surface area contributed by atoms with Gasteiger partial charge in [-0.3, -0.25) is 0 Å². The summed E-state index contributed by atoms with van der Waals surface area (Å²) in [5, 5.41) is 0.484. The normalized spacial score (nSPS) is 10.4. The summed E-state index contributed by atoms with van der Waals surface area (Å²) < 4.78 is 0. The maximum Gasteiger partial charge on any atom is 0.157 e. The summed E-state index contributed by atoms with van der Waals surface area (Å²) in [5.74, 6) is 0.658. The molecule has 0 bridgehead atoms. The number of anilines is 1. The standard InChI is InChI=1S/C8H11Cl2N3/c1-2-3-4-5-12-7(9)6(11)8(10)13-5/h2-4,11H2,1H3. The average molecular weight is 220 g/mol. The van der Waals surface area contributed by atoms with E-state index in [9.17, 15) is 0 Å². The molecule has 0 aliphatic carbocycles. The zero-order valence-corrected chi connectivity index (χ0v) is 8.86. The van der Waals surface area contributed by atoms with Crippen molar-refractivity contribution in [3.05, 3.63) is 16.1 Å². The van der Waals surface area contributed by atoms with Gasteiger partial charge in [0.15, 0.2) is 10.3 Å². The van der Waals surface area contributed by atoms with E-state index >= 15 is 0 Å². The molecule has 3 nitrogen and oxygen atoms in total. The largest absolute Gasteiger partial charge is 0.394 e. The Morgan fingerprint density at radius 2 is 1.77 bits per heavy atom. The number of nitrogens with zero attached hydrogens (tertiary/aromatic N) is 2. The van der Waals surface area contributed by atoms with Crippen molar-refractivity contribution in [3.8, 4) is 0 Å². The van der Waals surface area contributed by atoms with E-state index in [2.05, 4.69) is 16.9 Å². The van der Waals surface area contributed by atoms with Crippen LogP contribution in [-0.4, -0.2) is 9.97 Å². The minimum Gasteiger partial charge on any atom is -0.394 e. The molecule has 0 saturated heterocycles. The van der Waals surface area contributed by atoms with Gasteiger partial charge in [0.25, 0.3) is 0 Å². The molecule has 72 valence electrons. The lowest BCUT2D eigenvalue weighted by atomic mass is 10.2. The molecule has 0 radical (unpaired) electrons. The van der Waals surface area contributed by atoms with Gasteiger partial charge in [-0.25, -0.2) is 9.97 Å². The fourth-order valence-corrected chi connectivity index (χ4v) is 1.33. The van der Waals surface area contributed by atoms with Crippen LogP contribution >= 0.6 is 23.2 Å². The Balaban J connectivity index is 2.86. The topological polar surface area (TPSA) is 51.8 Å². The third kappa shape index (κ3) is 2.71. The monoisotopic (exact) mass is 219 g/mol. The highest BCUT2D eigenvalue weighted by Crippen LogP contribution is 2.23. The van der Waals surface area contributed by atoms with Crippen molar-refractivity contribution in [3.63, 3.8) is 0 Å². The van der Waals surface area contributed by atoms with Gasteiger partial charge in [0.2, 0.25) is 0 Å². The SMILES string of the molecule is CCCCc1nc(Cl)c(N)c(Cl)n1. The molecule has 0 aromatic carbocycles. The highest BCUT2D eigenvalue weighted by atomic mass is 35.5. The van der Waals surface area contributed by atoms with E-state index < -0.39 is 0 Å². The quantitative estimate of drug-likeness (QED) is 0.796. The highest BCUT2D eigenvalue weighted by molar-refractivity contribution is 6.37. The molecule has 0 spiro atoms. The van der Waals surface area contributed by atoms with Crippen LogP contribution in [0.1, 0.15) is 25.6 Å². The fourth-order valence-electron chi connectivity index (χ4n) is 0.904. The summed E-state index contributed by atoms with van der Waals surface area (Å²) in [5.41, 5.74) is 5.74. The van der Waals surface area contributed by atoms with Crippen molar-refractivity contribution in [1.82, 2.24) is 9.97 Å². The summed E-state index contributed by atoms with van der Waals surface area (Å²) in [4.78, 5) is 8.03. The molecule has 0 aliphatic heterocycles. The number of hydrogen-bond donors (Lipinski definition) is 1. The Labute approximate surface area is 87.3 Å². The van der Waals surface area contributed by atoms with Crippen LogP contribution in [0.25, 0.3) is 0 Å². The molecule has 0 atom stereocenters. The molecule has 0 saturated carbocycles. The van der Waals surface area contributed by atoms with Crippen LogP contribution in [0.2, 0.25) is 10.3 Å². The molecule has 1 rings (SSSR count). The molecule has 1 aromatic heterocycles. The lowest BCUT2D eigenvalue weighted by Crippen LogP contribution is -2.00. The molecule has 0 aliphatic rings. The van der Waals surface area contributed by atoms with E-state index in [4.69, 9.17) is 28.9 Å². The zero-order valence-electron chi connectivity index (χ0n) is 7.35. The zero-order chi connectivity index (χ0) is 9.84. The van der Waals surface area contributed by atoms with E-state index in [1.54, 1.807) is 0 Å². The maximum atomic E-state index is 5.74. The van der Waals surface area contributed by atoms with E-state index in [1.165, 1.54) is 0 Å². The molecule has 2 N–H and O–H groups in total. The second kappa shape index (κ2) is 4.63. The minimum absolute atomic E-state index is 0.242. The van der Waals surface area contributed by atoms with Crippen LogP contribution < -0.4 is 5.73 Å². The van der Waals surface area contributed by atoms with Gasteiger partial charge < -0.3 is 5.73 Å². The lowest BCUT2D eigenvalue weighted by molar-refractivity contribution is 0.753. The first-order valence-electron chi connectivity index (χ1n) is 4.12. The van der Waals surface area contributed by atoms with Crippen LogP contribution in [0.15, 0.2) is 0 Å². The van der Waals surface area contributed by atoms with Crippen molar-refractivity contribution in [2.24, 2.45) is 0 Å². The Bertz CT molecular complexity index is 278. The third-order valence-electron chi connectivity index (χ3n) is 1.65. The number of unbranched alkanes of at least 4 members (excludes halogenated alkanes) is 1. The molecular formula is C8H11Cl2N3. The second-order valence-corrected chi connectivity index (χ2v) is 3.45. The Morgan fingerprint density at radius 1 is 1.23 bits per heavy atom. The lowest BCUT2D eigenvalue weighted by Gasteiger charge is -2.03. The number of aryl methyl sites for hydroxylation is 1. The first-order chi connectivity index (χ1) is 6.15. The van der Waals surface area contributed by atoms with Gasteiger partial charge in [0, 0.05) is 6.42 Å². The molecule has 0 unspecified atom stereocenters. The Hall–Kier alpha value is -0.540. The Morgan fingerprint density at radius 3 is 2.23 bits per heavy atom. The summed E-state index contributed by atoms with van der Waals surface area (Å²) in [6, 6.07) is 0. The van der Waals surface area contributed by atoms with E-state index in [1.807, 2.05) is 0 Å². The number of aromatic nitrogens is 2. The molecule has 1 aromatic rings. The molecule has 0 fully saturated rings. The van der Waals surface area contributed by atoms with E-state index in [0.29, 0.717) is 5.82 Å². The predicted molar refractivity (Wildman–Crippen MR) is 55.1 cm³/mol. The number of halogens is 2. The summed E-state index contributed by atoms with van der Waals surface area (Å²) in [6.45, 7) is 2.10. The van der Waals surface area contributed by atoms with Crippen molar-refractivity contribution in [1.29, 1.82) is 0 Å². The van der Waals surface area contributed by atoms with Gasteiger partial charge in [-0.2, -0.15) is 0 Å². The first kappa shape index (κ1) is 10.5. The summed E-state index contributed by atoms with van der Waals surface area (Å²) in [6.07, 6.45) is 2.90. The number of nitrogens with two attached hydrogens (primary N) is 1. The number of nitrogen functional groups attached to an aromatic ring is 1. The van der Waals surface area contributed by atoms with Crippen LogP contribution in [0.4, 0.5) is 5.69 Å². The van der Waals surface area contributed by atoms with E-state index in [-0.39, 0.29) is 16.0 Å². The smallest absolute Gasteiger partial charge is 0.157 e. The summed E-state index contributed by atoms with van der Waals surface area (Å²) >= 11 is 11.5. The molecule has 5 heteroatoms. The van der Waals surface area contributed by atoms with Crippen LogP contribution in [0, 0.1) is 0 Å². The van der Waals surface area contributed by atoms with Gasteiger partial charge >= 0.3 is 0 Å². The van der Waals surface area contributed by atoms with Crippen LogP contribution in [-0.2, 0) is 6.42 Å². The molecule has 1 heterocycles. The molecular weight excluding hydrogens is 209 g/mol. The second-order valence-electron chi connectivity index (χ2n) is 2.74. The van der Waals surface area contributed by atoms with Gasteiger partial charge in [0.1, 0.15) is 11.5 Å². The number of hydrogen-bond acceptors (Lipinski definition) is 3. The van der Waals surface area contributed by atoms with Gasteiger partial charge in [-0.15, -0.1) is 0 Å². The number of rotatable bonds is 3. The third-order valence-corrected chi connectivity index (χ3v) is 2.23. The minimum atomic E-state index is 0.242. The van der Waals surface area contributed by atoms with Gasteiger partial charge in [-0.1, -0.05) is 36.5 Å². The van der Waals surface area contributed by atoms with Crippen LogP contribution in [0.3, 0.4) is 0 Å². The molecule has 13 heavy (non-hydrogen) atoms. The van der Waals surface area contributed by atoms with Crippen molar-refractivity contribution in [2.45, 2.75) is 26.2 Å².